The number of carbonyl (C=O) groups excluding carboxylic acids is 1. The van der Waals surface area contributed by atoms with Crippen LogP contribution in [0.3, 0.4) is 0 Å². The minimum absolute atomic E-state index is 0.00683. The summed E-state index contributed by atoms with van der Waals surface area (Å²) in [6.45, 7) is 3.09. The first-order chi connectivity index (χ1) is 10.8. The van der Waals surface area contributed by atoms with Gasteiger partial charge in [-0.1, -0.05) is 18.2 Å². The second-order valence-electron chi connectivity index (χ2n) is 5.62. The predicted molar refractivity (Wildman–Crippen MR) is 93.5 cm³/mol. The van der Waals surface area contributed by atoms with Crippen molar-refractivity contribution in [2.75, 3.05) is 19.6 Å². The van der Waals surface area contributed by atoms with Crippen molar-refractivity contribution in [1.82, 2.24) is 5.32 Å². The normalized spacial score (nSPS) is 16.6. The first-order valence-electron chi connectivity index (χ1n) is 7.66. The standard InChI is InChI=1S/C17H19BrN2OS/c18-14-7-2-1-6-13(14)17(21)19-12-15(16-8-5-11-22-16)20-9-3-4-10-20/h1-2,5-8,11,15H,3-4,9-10,12H2,(H,19,21)/p+1/t15-/m1/s1. The highest BCUT2D eigenvalue weighted by molar-refractivity contribution is 9.10. The van der Waals surface area contributed by atoms with Crippen LogP contribution in [0.4, 0.5) is 0 Å². The Morgan fingerprint density at radius 1 is 1.23 bits per heavy atom. The largest absolute Gasteiger partial charge is 0.346 e. The van der Waals surface area contributed by atoms with Gasteiger partial charge in [0.1, 0.15) is 6.04 Å². The lowest BCUT2D eigenvalue weighted by molar-refractivity contribution is -0.918. The monoisotopic (exact) mass is 379 g/mol. The van der Waals surface area contributed by atoms with Gasteiger partial charge in [-0.3, -0.25) is 4.79 Å². The summed E-state index contributed by atoms with van der Waals surface area (Å²) in [6.07, 6.45) is 2.57. The van der Waals surface area contributed by atoms with Crippen LogP contribution in [-0.2, 0) is 0 Å². The van der Waals surface area contributed by atoms with Crippen LogP contribution in [0, 0.1) is 0 Å². The van der Waals surface area contributed by atoms with Crippen molar-refractivity contribution < 1.29 is 9.69 Å². The summed E-state index contributed by atoms with van der Waals surface area (Å²) in [5.41, 5.74) is 0.698. The van der Waals surface area contributed by atoms with Gasteiger partial charge in [0.05, 0.1) is 30.1 Å². The molecule has 116 valence electrons. The Balaban J connectivity index is 1.69. The summed E-state index contributed by atoms with van der Waals surface area (Å²) in [7, 11) is 0. The number of nitrogens with one attached hydrogen (secondary N) is 2. The average Bonchev–Trinajstić information content (AvgIpc) is 3.21. The molecule has 1 aliphatic heterocycles. The third-order valence-corrected chi connectivity index (χ3v) is 5.89. The maximum absolute atomic E-state index is 12.4. The van der Waals surface area contributed by atoms with E-state index in [0.29, 0.717) is 18.2 Å². The molecule has 0 spiro atoms. The minimum atomic E-state index is -0.00683. The molecule has 0 bridgehead atoms. The number of likely N-dealkylation sites (tertiary alicyclic amines) is 1. The van der Waals surface area contributed by atoms with Crippen LogP contribution in [0.5, 0.6) is 0 Å². The maximum Gasteiger partial charge on any atom is 0.252 e. The maximum atomic E-state index is 12.4. The Kier molecular flexibility index (Phi) is 5.28. The van der Waals surface area contributed by atoms with Crippen LogP contribution in [-0.4, -0.2) is 25.5 Å². The molecule has 1 saturated heterocycles. The molecule has 5 heteroatoms. The molecule has 0 saturated carbocycles. The highest BCUT2D eigenvalue weighted by Crippen LogP contribution is 2.18. The van der Waals surface area contributed by atoms with Crippen molar-refractivity contribution in [3.8, 4) is 0 Å². The topological polar surface area (TPSA) is 33.5 Å². The molecule has 1 amide bonds. The molecule has 2 aromatic rings. The second kappa shape index (κ2) is 7.40. The molecule has 1 fully saturated rings. The van der Waals surface area contributed by atoms with Crippen molar-refractivity contribution in [3.05, 3.63) is 56.7 Å². The molecule has 0 unspecified atom stereocenters. The average molecular weight is 380 g/mol. The van der Waals surface area contributed by atoms with Crippen molar-refractivity contribution >= 4 is 33.2 Å². The number of hydrogen-bond donors (Lipinski definition) is 2. The molecule has 2 N–H and O–H groups in total. The molecular formula is C17H20BrN2OS+. The summed E-state index contributed by atoms with van der Waals surface area (Å²) in [5.74, 6) is -0.00683. The fourth-order valence-electron chi connectivity index (χ4n) is 3.05. The lowest BCUT2D eigenvalue weighted by Crippen LogP contribution is -3.11. The number of hydrogen-bond acceptors (Lipinski definition) is 2. The number of benzene rings is 1. The SMILES string of the molecule is O=C(NC[C@H](c1cccs1)[NH+]1CCCC1)c1ccccc1Br. The van der Waals surface area contributed by atoms with Crippen LogP contribution in [0.25, 0.3) is 0 Å². The van der Waals surface area contributed by atoms with Crippen molar-refractivity contribution in [3.63, 3.8) is 0 Å². The quantitative estimate of drug-likeness (QED) is 0.822. The molecule has 0 radical (unpaired) electrons. The summed E-state index contributed by atoms with van der Waals surface area (Å²) >= 11 is 5.23. The Labute approximate surface area is 143 Å². The zero-order chi connectivity index (χ0) is 15.4. The van der Waals surface area contributed by atoms with E-state index in [4.69, 9.17) is 0 Å². The van der Waals surface area contributed by atoms with E-state index >= 15 is 0 Å². The van der Waals surface area contributed by atoms with Gasteiger partial charge in [0, 0.05) is 17.3 Å². The molecule has 0 aliphatic carbocycles. The summed E-state index contributed by atoms with van der Waals surface area (Å²) in [6, 6.07) is 12.2. The Bertz CT molecular complexity index is 623. The summed E-state index contributed by atoms with van der Waals surface area (Å²) in [4.78, 5) is 15.4. The molecular weight excluding hydrogens is 360 g/mol. The molecule has 3 nitrogen and oxygen atoms in total. The molecule has 1 aromatic heterocycles. The number of rotatable bonds is 5. The molecule has 22 heavy (non-hydrogen) atoms. The van der Waals surface area contributed by atoms with Crippen molar-refractivity contribution in [1.29, 1.82) is 0 Å². The van der Waals surface area contributed by atoms with Gasteiger partial charge in [-0.15, -0.1) is 11.3 Å². The van der Waals surface area contributed by atoms with E-state index in [1.165, 1.54) is 30.8 Å². The third-order valence-electron chi connectivity index (χ3n) is 4.21. The van der Waals surface area contributed by atoms with E-state index in [1.807, 2.05) is 24.3 Å². The van der Waals surface area contributed by atoms with E-state index in [1.54, 1.807) is 16.2 Å². The first-order valence-corrected chi connectivity index (χ1v) is 9.33. The van der Waals surface area contributed by atoms with E-state index in [-0.39, 0.29) is 5.91 Å². The van der Waals surface area contributed by atoms with Crippen LogP contribution >= 0.6 is 27.3 Å². The van der Waals surface area contributed by atoms with Gasteiger partial charge < -0.3 is 10.2 Å². The highest BCUT2D eigenvalue weighted by Gasteiger charge is 2.28. The summed E-state index contributed by atoms with van der Waals surface area (Å²) < 4.78 is 0.841. The van der Waals surface area contributed by atoms with Gasteiger partial charge in [-0.05, 0) is 39.5 Å². The highest BCUT2D eigenvalue weighted by atomic mass is 79.9. The first kappa shape index (κ1) is 15.7. The molecule has 1 aromatic carbocycles. The smallest absolute Gasteiger partial charge is 0.252 e. The van der Waals surface area contributed by atoms with Gasteiger partial charge in [-0.25, -0.2) is 0 Å². The molecule has 1 aliphatic rings. The van der Waals surface area contributed by atoms with Crippen LogP contribution < -0.4 is 10.2 Å². The van der Waals surface area contributed by atoms with Crippen molar-refractivity contribution in [2.45, 2.75) is 18.9 Å². The van der Waals surface area contributed by atoms with E-state index < -0.39 is 0 Å². The van der Waals surface area contributed by atoms with Gasteiger partial charge in [0.25, 0.3) is 5.91 Å². The van der Waals surface area contributed by atoms with Gasteiger partial charge in [0.2, 0.25) is 0 Å². The lowest BCUT2D eigenvalue weighted by Gasteiger charge is -2.24. The van der Waals surface area contributed by atoms with E-state index in [2.05, 4.69) is 38.8 Å². The zero-order valence-corrected chi connectivity index (χ0v) is 14.8. The van der Waals surface area contributed by atoms with Crippen LogP contribution in [0.15, 0.2) is 46.3 Å². The Hall–Kier alpha value is -1.17. The Morgan fingerprint density at radius 2 is 2.00 bits per heavy atom. The number of halogens is 1. The number of quaternary nitrogens is 1. The van der Waals surface area contributed by atoms with Crippen molar-refractivity contribution in [2.24, 2.45) is 0 Å². The van der Waals surface area contributed by atoms with E-state index in [9.17, 15) is 4.79 Å². The predicted octanol–water partition coefficient (Wildman–Crippen LogP) is 2.66. The Morgan fingerprint density at radius 3 is 2.68 bits per heavy atom. The third kappa shape index (κ3) is 3.59. The molecule has 3 rings (SSSR count). The molecule has 1 atom stereocenters. The second-order valence-corrected chi connectivity index (χ2v) is 7.46. The summed E-state index contributed by atoms with van der Waals surface area (Å²) in [5, 5.41) is 5.24. The van der Waals surface area contributed by atoms with Crippen LogP contribution in [0.2, 0.25) is 0 Å². The number of amides is 1. The number of thiophene rings is 1. The van der Waals surface area contributed by atoms with Gasteiger partial charge in [-0.2, -0.15) is 0 Å². The van der Waals surface area contributed by atoms with Crippen LogP contribution in [0.1, 0.15) is 34.1 Å². The van der Waals surface area contributed by atoms with Gasteiger partial charge >= 0.3 is 0 Å². The lowest BCUT2D eigenvalue weighted by atomic mass is 10.2. The van der Waals surface area contributed by atoms with Gasteiger partial charge in [0.15, 0.2) is 0 Å². The number of carbonyl (C=O) groups is 1. The minimum Gasteiger partial charge on any atom is -0.346 e. The zero-order valence-electron chi connectivity index (χ0n) is 12.3. The molecule has 2 heterocycles. The fourth-order valence-corrected chi connectivity index (χ4v) is 4.40. The fraction of sp³-hybridized carbons (Fsp3) is 0.353. The van der Waals surface area contributed by atoms with E-state index in [0.717, 1.165) is 4.47 Å².